The van der Waals surface area contributed by atoms with Gasteiger partial charge in [0, 0.05) is 58.3 Å². The summed E-state index contributed by atoms with van der Waals surface area (Å²) in [5.41, 5.74) is 1.26. The van der Waals surface area contributed by atoms with Gasteiger partial charge in [0.25, 0.3) is 0 Å². The van der Waals surface area contributed by atoms with E-state index >= 15 is 0 Å². The summed E-state index contributed by atoms with van der Waals surface area (Å²) in [4.78, 5) is 19.2. The Bertz CT molecular complexity index is 899. The number of aliphatic hydroxyl groups is 1. The number of amides is 1. The number of carbonyl (C=O) groups excluding carboxylic acids is 1. The van der Waals surface area contributed by atoms with Crippen LogP contribution in [0.5, 0.6) is 0 Å². The minimum atomic E-state index is -1.25. The third-order valence-electron chi connectivity index (χ3n) is 4.94. The smallest absolute Gasteiger partial charge is 0.412 e. The zero-order chi connectivity index (χ0) is 19.7. The first kappa shape index (κ1) is 18.8. The Balaban J connectivity index is 1.51. The molecular weight excluding hydrogens is 385 g/mol. The number of benzene rings is 1. The number of aliphatic hydroxyl groups excluding tert-OH is 1. The summed E-state index contributed by atoms with van der Waals surface area (Å²) in [5, 5.41) is 10.3. The highest BCUT2D eigenvalue weighted by molar-refractivity contribution is 7.85. The minimum absolute atomic E-state index is 0.210. The lowest BCUT2D eigenvalue weighted by atomic mass is 10.0. The standard InChI is InChI=1S/C19H20FN3O4S/c20-16-11-13(18(24)23-5-8-27-19(23)25)1-3-15(16)14-2-4-17(21-12-14)22-6-9-28(26)10-7-22/h1-4,11-12,18,24H,5-10H2. The molecule has 2 saturated heterocycles. The fourth-order valence-corrected chi connectivity index (χ4v) is 4.39. The van der Waals surface area contributed by atoms with E-state index in [1.807, 2.05) is 6.07 Å². The number of nitrogens with zero attached hydrogens (tertiary/aromatic N) is 3. The molecule has 7 nitrogen and oxygen atoms in total. The molecule has 0 aliphatic carbocycles. The summed E-state index contributed by atoms with van der Waals surface area (Å²) in [6.45, 7) is 1.86. The molecule has 1 atom stereocenters. The van der Waals surface area contributed by atoms with E-state index in [1.54, 1.807) is 24.4 Å². The second-order valence-electron chi connectivity index (χ2n) is 6.66. The maximum atomic E-state index is 14.7. The second-order valence-corrected chi connectivity index (χ2v) is 8.36. The Kier molecular flexibility index (Phi) is 5.27. The molecule has 3 heterocycles. The highest BCUT2D eigenvalue weighted by Gasteiger charge is 2.29. The quantitative estimate of drug-likeness (QED) is 0.837. The molecule has 2 fully saturated rings. The van der Waals surface area contributed by atoms with E-state index in [0.29, 0.717) is 35.7 Å². The maximum Gasteiger partial charge on any atom is 0.412 e. The zero-order valence-electron chi connectivity index (χ0n) is 15.1. The largest absolute Gasteiger partial charge is 0.447 e. The Morgan fingerprint density at radius 1 is 1.18 bits per heavy atom. The van der Waals surface area contributed by atoms with Crippen molar-refractivity contribution in [2.24, 2.45) is 0 Å². The number of ether oxygens (including phenoxy) is 1. The van der Waals surface area contributed by atoms with E-state index in [2.05, 4.69) is 9.88 Å². The van der Waals surface area contributed by atoms with E-state index in [0.717, 1.165) is 10.7 Å². The van der Waals surface area contributed by atoms with Crippen molar-refractivity contribution in [2.45, 2.75) is 6.23 Å². The Labute approximate surface area is 164 Å². The van der Waals surface area contributed by atoms with Gasteiger partial charge in [0.1, 0.15) is 18.2 Å². The van der Waals surface area contributed by atoms with Gasteiger partial charge in [-0.3, -0.25) is 9.11 Å². The van der Waals surface area contributed by atoms with Gasteiger partial charge in [-0.15, -0.1) is 0 Å². The molecule has 0 saturated carbocycles. The molecule has 1 unspecified atom stereocenters. The number of rotatable bonds is 4. The van der Waals surface area contributed by atoms with Crippen LogP contribution >= 0.6 is 0 Å². The van der Waals surface area contributed by atoms with Crippen molar-refractivity contribution in [2.75, 3.05) is 42.6 Å². The van der Waals surface area contributed by atoms with Gasteiger partial charge in [-0.2, -0.15) is 0 Å². The molecule has 148 valence electrons. The molecule has 0 bridgehead atoms. The minimum Gasteiger partial charge on any atom is -0.447 e. The molecule has 2 aromatic rings. The van der Waals surface area contributed by atoms with Gasteiger partial charge in [0.2, 0.25) is 0 Å². The maximum absolute atomic E-state index is 14.7. The van der Waals surface area contributed by atoms with E-state index in [4.69, 9.17) is 4.74 Å². The number of carbonyl (C=O) groups is 1. The van der Waals surface area contributed by atoms with Crippen molar-refractivity contribution in [1.82, 2.24) is 9.88 Å². The summed E-state index contributed by atoms with van der Waals surface area (Å²) >= 11 is 0. The fraction of sp³-hybridized carbons (Fsp3) is 0.368. The molecule has 2 aliphatic rings. The van der Waals surface area contributed by atoms with Crippen LogP contribution in [0.2, 0.25) is 0 Å². The number of pyridine rings is 1. The van der Waals surface area contributed by atoms with Crippen LogP contribution in [-0.2, 0) is 15.5 Å². The predicted octanol–water partition coefficient (Wildman–Crippen LogP) is 1.90. The van der Waals surface area contributed by atoms with Crippen molar-refractivity contribution in [3.63, 3.8) is 0 Å². The zero-order valence-corrected chi connectivity index (χ0v) is 15.9. The molecule has 0 radical (unpaired) electrons. The van der Waals surface area contributed by atoms with Gasteiger partial charge in [-0.1, -0.05) is 12.1 Å². The number of hydrogen-bond donors (Lipinski definition) is 1. The van der Waals surface area contributed by atoms with E-state index in [9.17, 15) is 18.5 Å². The molecule has 1 aromatic carbocycles. The first-order valence-corrected chi connectivity index (χ1v) is 10.5. The third-order valence-corrected chi connectivity index (χ3v) is 6.22. The van der Waals surface area contributed by atoms with Crippen LogP contribution in [0.4, 0.5) is 15.0 Å². The van der Waals surface area contributed by atoms with Crippen LogP contribution < -0.4 is 4.90 Å². The van der Waals surface area contributed by atoms with Crippen molar-refractivity contribution < 1.29 is 23.2 Å². The van der Waals surface area contributed by atoms with Crippen LogP contribution in [0.1, 0.15) is 11.8 Å². The van der Waals surface area contributed by atoms with Gasteiger partial charge in [0.05, 0.1) is 6.54 Å². The normalized spacial score (nSPS) is 19.0. The van der Waals surface area contributed by atoms with Gasteiger partial charge < -0.3 is 14.7 Å². The summed E-state index contributed by atoms with van der Waals surface area (Å²) in [6.07, 6.45) is -0.255. The summed E-state index contributed by atoms with van der Waals surface area (Å²) in [7, 11) is -0.753. The molecular formula is C19H20FN3O4S. The average Bonchev–Trinajstić information content (AvgIpc) is 3.14. The monoisotopic (exact) mass is 405 g/mol. The molecule has 4 rings (SSSR count). The van der Waals surface area contributed by atoms with Crippen LogP contribution in [0.15, 0.2) is 36.5 Å². The average molecular weight is 405 g/mol. The molecule has 1 aromatic heterocycles. The van der Waals surface area contributed by atoms with Crippen molar-refractivity contribution in [3.05, 3.63) is 47.9 Å². The molecule has 2 aliphatic heterocycles. The SMILES string of the molecule is O=C1OCCN1C(O)c1ccc(-c2ccc(N3CCS(=O)CC3)nc2)c(F)c1. The van der Waals surface area contributed by atoms with Gasteiger partial charge in [-0.05, 0) is 18.2 Å². The van der Waals surface area contributed by atoms with E-state index in [-0.39, 0.29) is 18.7 Å². The summed E-state index contributed by atoms with van der Waals surface area (Å²) in [5.74, 6) is 1.53. The highest BCUT2D eigenvalue weighted by Crippen LogP contribution is 2.28. The van der Waals surface area contributed by atoms with E-state index < -0.39 is 28.9 Å². The topological polar surface area (TPSA) is 83.0 Å². The summed E-state index contributed by atoms with van der Waals surface area (Å²) in [6, 6.07) is 7.99. The number of aromatic nitrogens is 1. The molecule has 9 heteroatoms. The van der Waals surface area contributed by atoms with Crippen molar-refractivity contribution >= 4 is 22.7 Å². The lowest BCUT2D eigenvalue weighted by Gasteiger charge is -2.27. The van der Waals surface area contributed by atoms with Crippen LogP contribution in [0, 0.1) is 5.82 Å². The van der Waals surface area contributed by atoms with Crippen LogP contribution in [-0.4, -0.2) is 63.0 Å². The lowest BCUT2D eigenvalue weighted by Crippen LogP contribution is -2.38. The highest BCUT2D eigenvalue weighted by atomic mass is 32.2. The van der Waals surface area contributed by atoms with E-state index in [1.165, 1.54) is 6.07 Å². The Hall–Kier alpha value is -2.52. The first-order valence-electron chi connectivity index (χ1n) is 9.00. The van der Waals surface area contributed by atoms with Crippen molar-refractivity contribution in [1.29, 1.82) is 0 Å². The molecule has 0 spiro atoms. The second kappa shape index (κ2) is 7.84. The van der Waals surface area contributed by atoms with Gasteiger partial charge >= 0.3 is 6.09 Å². The molecule has 1 N–H and O–H groups in total. The van der Waals surface area contributed by atoms with Crippen LogP contribution in [0.3, 0.4) is 0 Å². The molecule has 28 heavy (non-hydrogen) atoms. The predicted molar refractivity (Wildman–Crippen MR) is 103 cm³/mol. The van der Waals surface area contributed by atoms with Gasteiger partial charge in [0.15, 0.2) is 6.23 Å². The Morgan fingerprint density at radius 2 is 1.96 bits per heavy atom. The summed E-state index contributed by atoms with van der Waals surface area (Å²) < 4.78 is 30.9. The number of cyclic esters (lactones) is 1. The van der Waals surface area contributed by atoms with Crippen molar-refractivity contribution in [3.8, 4) is 11.1 Å². The fourth-order valence-electron chi connectivity index (χ4n) is 3.33. The number of halogens is 1. The lowest BCUT2D eigenvalue weighted by molar-refractivity contribution is 0.0362. The van der Waals surface area contributed by atoms with Crippen LogP contribution in [0.25, 0.3) is 11.1 Å². The Morgan fingerprint density at radius 3 is 2.57 bits per heavy atom. The first-order chi connectivity index (χ1) is 13.5. The number of anilines is 1. The third kappa shape index (κ3) is 3.72. The molecule has 1 amide bonds. The van der Waals surface area contributed by atoms with Gasteiger partial charge in [-0.25, -0.2) is 14.2 Å². The number of hydrogen-bond acceptors (Lipinski definition) is 6.